The van der Waals surface area contributed by atoms with E-state index >= 15 is 0 Å². The van der Waals surface area contributed by atoms with Crippen LogP contribution in [-0.4, -0.2) is 13.1 Å². The Balaban J connectivity index is 2.63. The van der Waals surface area contributed by atoms with E-state index in [1.165, 1.54) is 7.11 Å². The van der Waals surface area contributed by atoms with Gasteiger partial charge in [-0.25, -0.2) is 4.79 Å². The van der Waals surface area contributed by atoms with Crippen LogP contribution < -0.4 is 0 Å². The zero-order valence-corrected chi connectivity index (χ0v) is 9.62. The third-order valence-corrected chi connectivity index (χ3v) is 2.83. The van der Waals surface area contributed by atoms with E-state index in [-0.39, 0.29) is 5.97 Å². The lowest BCUT2D eigenvalue weighted by atomic mass is 10.0. The van der Waals surface area contributed by atoms with E-state index in [0.717, 1.165) is 16.3 Å². The molecule has 0 atom stereocenters. The molecule has 0 bridgehead atoms. The van der Waals surface area contributed by atoms with Gasteiger partial charge in [0.15, 0.2) is 0 Å². The monoisotopic (exact) mass is 234 g/mol. The molecule has 16 heavy (non-hydrogen) atoms. The molecule has 0 aromatic heterocycles. The summed E-state index contributed by atoms with van der Waals surface area (Å²) in [5, 5.41) is 2.08. The number of hydrogen-bond acceptors (Lipinski definition) is 2. The van der Waals surface area contributed by atoms with Crippen LogP contribution in [0.25, 0.3) is 10.8 Å². The number of rotatable bonds is 2. The largest absolute Gasteiger partial charge is 0.465 e. The summed E-state index contributed by atoms with van der Waals surface area (Å²) in [7, 11) is 1.37. The van der Waals surface area contributed by atoms with E-state index in [2.05, 4.69) is 4.74 Å². The van der Waals surface area contributed by atoms with Crippen LogP contribution in [0.2, 0.25) is 0 Å². The number of ether oxygens (including phenoxy) is 1. The number of carbonyl (C=O) groups excluding carboxylic acids is 1. The minimum atomic E-state index is -0.328. The Morgan fingerprint density at radius 3 is 2.81 bits per heavy atom. The quantitative estimate of drug-likeness (QED) is 0.588. The number of carbonyl (C=O) groups is 1. The van der Waals surface area contributed by atoms with Crippen molar-refractivity contribution in [2.24, 2.45) is 0 Å². The molecule has 0 amide bonds. The Labute approximate surface area is 98.8 Å². The summed E-state index contributed by atoms with van der Waals surface area (Å²) < 4.78 is 4.69. The molecule has 2 nitrogen and oxygen atoms in total. The molecule has 2 rings (SSSR count). The number of halogens is 1. The van der Waals surface area contributed by atoms with E-state index in [1.54, 1.807) is 6.07 Å². The zero-order valence-electron chi connectivity index (χ0n) is 8.87. The second kappa shape index (κ2) is 4.54. The lowest BCUT2D eigenvalue weighted by molar-refractivity contribution is 0.0601. The summed E-state index contributed by atoms with van der Waals surface area (Å²) in [5.41, 5.74) is 1.57. The first-order valence-electron chi connectivity index (χ1n) is 4.92. The second-order valence-corrected chi connectivity index (χ2v) is 3.75. The third-order valence-electron chi connectivity index (χ3n) is 2.54. The van der Waals surface area contributed by atoms with Gasteiger partial charge in [0, 0.05) is 5.88 Å². The first-order valence-corrected chi connectivity index (χ1v) is 5.45. The third kappa shape index (κ3) is 1.89. The van der Waals surface area contributed by atoms with Gasteiger partial charge in [-0.15, -0.1) is 11.6 Å². The van der Waals surface area contributed by atoms with Crippen LogP contribution in [0.3, 0.4) is 0 Å². The first kappa shape index (κ1) is 11.0. The maximum Gasteiger partial charge on any atom is 0.337 e. The minimum Gasteiger partial charge on any atom is -0.465 e. The molecule has 0 aliphatic rings. The molecule has 0 saturated heterocycles. The fourth-order valence-electron chi connectivity index (χ4n) is 1.70. The molecular formula is C13H11ClO2. The van der Waals surface area contributed by atoms with E-state index in [4.69, 9.17) is 11.6 Å². The molecule has 3 heteroatoms. The maximum atomic E-state index is 11.4. The summed E-state index contributed by atoms with van der Waals surface area (Å²) in [6.07, 6.45) is 0. The summed E-state index contributed by atoms with van der Waals surface area (Å²) in [4.78, 5) is 11.4. The molecule has 82 valence electrons. The highest BCUT2D eigenvalue weighted by Gasteiger charge is 2.07. The number of hydrogen-bond donors (Lipinski definition) is 0. The van der Waals surface area contributed by atoms with Crippen molar-refractivity contribution in [1.29, 1.82) is 0 Å². The Morgan fingerprint density at radius 2 is 2.12 bits per heavy atom. The Morgan fingerprint density at radius 1 is 1.31 bits per heavy atom. The Hall–Kier alpha value is -1.54. The normalized spacial score (nSPS) is 10.4. The second-order valence-electron chi connectivity index (χ2n) is 3.48. The molecule has 0 N–H and O–H groups in total. The zero-order chi connectivity index (χ0) is 11.5. The van der Waals surface area contributed by atoms with Crippen molar-refractivity contribution < 1.29 is 9.53 Å². The highest BCUT2D eigenvalue weighted by molar-refractivity contribution is 6.18. The highest BCUT2D eigenvalue weighted by atomic mass is 35.5. The van der Waals surface area contributed by atoms with Gasteiger partial charge in [0.1, 0.15) is 0 Å². The summed E-state index contributed by atoms with van der Waals surface area (Å²) in [6, 6.07) is 11.4. The van der Waals surface area contributed by atoms with Gasteiger partial charge in [0.05, 0.1) is 12.7 Å². The summed E-state index contributed by atoms with van der Waals surface area (Å²) in [6.45, 7) is 0. The fraction of sp³-hybridized carbons (Fsp3) is 0.154. The van der Waals surface area contributed by atoms with Gasteiger partial charge < -0.3 is 4.74 Å². The fourth-order valence-corrected chi connectivity index (χ4v) is 1.93. The molecule has 0 radical (unpaired) electrons. The lowest BCUT2D eigenvalue weighted by Crippen LogP contribution is -2.00. The lowest BCUT2D eigenvalue weighted by Gasteiger charge is -2.05. The molecule has 0 spiro atoms. The van der Waals surface area contributed by atoms with Gasteiger partial charge in [-0.2, -0.15) is 0 Å². The van der Waals surface area contributed by atoms with E-state index < -0.39 is 0 Å². The van der Waals surface area contributed by atoms with Crippen molar-refractivity contribution in [1.82, 2.24) is 0 Å². The van der Waals surface area contributed by atoms with Gasteiger partial charge in [-0.05, 0) is 28.5 Å². The Bertz CT molecular complexity index is 534. The predicted molar refractivity (Wildman–Crippen MR) is 64.8 cm³/mol. The van der Waals surface area contributed by atoms with Crippen molar-refractivity contribution in [3.8, 4) is 0 Å². The smallest absolute Gasteiger partial charge is 0.337 e. The van der Waals surface area contributed by atoms with Gasteiger partial charge in [-0.1, -0.05) is 24.3 Å². The van der Waals surface area contributed by atoms with Crippen molar-refractivity contribution in [3.63, 3.8) is 0 Å². The van der Waals surface area contributed by atoms with Crippen LogP contribution in [0.1, 0.15) is 15.9 Å². The summed E-state index contributed by atoms with van der Waals surface area (Å²) in [5.74, 6) is 0.105. The standard InChI is InChI=1S/C13H11ClO2/c1-16-13(15)10-6-5-9-3-2-4-11(8-14)12(9)7-10/h2-7H,8H2,1H3. The van der Waals surface area contributed by atoms with Gasteiger partial charge in [0.2, 0.25) is 0 Å². The molecule has 0 aliphatic carbocycles. The van der Waals surface area contributed by atoms with Crippen molar-refractivity contribution >= 4 is 28.3 Å². The highest BCUT2D eigenvalue weighted by Crippen LogP contribution is 2.22. The average Bonchev–Trinajstić information content (AvgIpc) is 2.36. The molecule has 2 aromatic rings. The number of benzene rings is 2. The van der Waals surface area contributed by atoms with Crippen LogP contribution in [0.5, 0.6) is 0 Å². The number of fused-ring (bicyclic) bond motifs is 1. The van der Waals surface area contributed by atoms with Crippen LogP contribution in [0.4, 0.5) is 0 Å². The molecule has 0 fully saturated rings. The summed E-state index contributed by atoms with van der Waals surface area (Å²) >= 11 is 5.86. The molecule has 0 unspecified atom stereocenters. The predicted octanol–water partition coefficient (Wildman–Crippen LogP) is 3.37. The average molecular weight is 235 g/mol. The van der Waals surface area contributed by atoms with E-state index in [9.17, 15) is 4.79 Å². The van der Waals surface area contributed by atoms with Crippen LogP contribution >= 0.6 is 11.6 Å². The van der Waals surface area contributed by atoms with Crippen molar-refractivity contribution in [3.05, 3.63) is 47.5 Å². The van der Waals surface area contributed by atoms with E-state index in [0.29, 0.717) is 11.4 Å². The SMILES string of the molecule is COC(=O)c1ccc2cccc(CCl)c2c1. The van der Waals surface area contributed by atoms with Gasteiger partial charge in [-0.3, -0.25) is 0 Å². The van der Waals surface area contributed by atoms with Crippen molar-refractivity contribution in [2.75, 3.05) is 7.11 Å². The van der Waals surface area contributed by atoms with Gasteiger partial charge >= 0.3 is 5.97 Å². The number of methoxy groups -OCH3 is 1. The first-order chi connectivity index (χ1) is 7.76. The molecule has 0 saturated carbocycles. The topological polar surface area (TPSA) is 26.3 Å². The number of alkyl halides is 1. The number of esters is 1. The van der Waals surface area contributed by atoms with Crippen molar-refractivity contribution in [2.45, 2.75) is 5.88 Å². The molecule has 0 heterocycles. The molecule has 0 aliphatic heterocycles. The van der Waals surface area contributed by atoms with Crippen LogP contribution in [0.15, 0.2) is 36.4 Å². The molecule has 2 aromatic carbocycles. The van der Waals surface area contributed by atoms with E-state index in [1.807, 2.05) is 30.3 Å². The van der Waals surface area contributed by atoms with Crippen LogP contribution in [-0.2, 0) is 10.6 Å². The Kier molecular flexibility index (Phi) is 3.11. The van der Waals surface area contributed by atoms with Crippen LogP contribution in [0, 0.1) is 0 Å². The minimum absolute atomic E-state index is 0.328. The maximum absolute atomic E-state index is 11.4. The van der Waals surface area contributed by atoms with Gasteiger partial charge in [0.25, 0.3) is 0 Å². The molecular weight excluding hydrogens is 224 g/mol.